The van der Waals surface area contributed by atoms with Gasteiger partial charge >= 0.3 is 0 Å². The van der Waals surface area contributed by atoms with Crippen molar-refractivity contribution in [3.63, 3.8) is 0 Å². The van der Waals surface area contributed by atoms with E-state index in [0.29, 0.717) is 11.6 Å². The number of benzene rings is 1. The highest BCUT2D eigenvalue weighted by Gasteiger charge is 2.03. The summed E-state index contributed by atoms with van der Waals surface area (Å²) in [6.45, 7) is 0.535. The number of methoxy groups -OCH3 is 1. The molecule has 1 heterocycles. The molecule has 4 nitrogen and oxygen atoms in total. The predicted molar refractivity (Wildman–Crippen MR) is 61.8 cm³/mol. The first kappa shape index (κ1) is 10.8. The van der Waals surface area contributed by atoms with Crippen LogP contribution in [-0.4, -0.2) is 12.1 Å². The zero-order valence-electron chi connectivity index (χ0n) is 8.74. The molecule has 1 N–H and O–H groups in total. The monoisotopic (exact) mass is 238 g/mol. The second-order valence-electron chi connectivity index (χ2n) is 3.17. The molecule has 2 rings (SSSR count). The summed E-state index contributed by atoms with van der Waals surface area (Å²) in [4.78, 5) is 3.83. The largest absolute Gasteiger partial charge is 0.497 e. The molecule has 0 aliphatic rings. The summed E-state index contributed by atoms with van der Waals surface area (Å²) in [5, 5.41) is 3.78. The minimum atomic E-state index is 0.535. The maximum atomic E-state index is 6.03. The Morgan fingerprint density at radius 2 is 2.38 bits per heavy atom. The molecule has 0 bridgehead atoms. The van der Waals surface area contributed by atoms with Crippen LogP contribution in [0.4, 0.5) is 5.69 Å². The topological polar surface area (TPSA) is 47.3 Å². The number of hydrogen-bond donors (Lipinski definition) is 1. The molecule has 2 aromatic rings. The molecule has 1 aromatic carbocycles. The molecule has 0 aliphatic heterocycles. The van der Waals surface area contributed by atoms with Crippen molar-refractivity contribution >= 4 is 17.3 Å². The zero-order valence-corrected chi connectivity index (χ0v) is 9.49. The van der Waals surface area contributed by atoms with Gasteiger partial charge in [0, 0.05) is 6.07 Å². The van der Waals surface area contributed by atoms with E-state index in [4.69, 9.17) is 20.8 Å². The molecule has 0 saturated heterocycles. The lowest BCUT2D eigenvalue weighted by atomic mass is 10.3. The average Bonchev–Trinajstić information content (AvgIpc) is 2.81. The number of halogens is 1. The van der Waals surface area contributed by atoms with Crippen LogP contribution >= 0.6 is 11.6 Å². The summed E-state index contributed by atoms with van der Waals surface area (Å²) in [6, 6.07) is 5.42. The number of nitrogens with one attached hydrogen (secondary N) is 1. The molecule has 0 saturated carbocycles. The van der Waals surface area contributed by atoms with Crippen molar-refractivity contribution in [2.24, 2.45) is 0 Å². The quantitative estimate of drug-likeness (QED) is 0.890. The van der Waals surface area contributed by atoms with E-state index < -0.39 is 0 Å². The normalized spacial score (nSPS) is 10.1. The van der Waals surface area contributed by atoms with E-state index in [1.165, 1.54) is 6.39 Å². The number of rotatable bonds is 4. The Morgan fingerprint density at radius 3 is 3.06 bits per heavy atom. The summed E-state index contributed by atoms with van der Waals surface area (Å²) in [5.74, 6) is 1.50. The van der Waals surface area contributed by atoms with Crippen LogP contribution < -0.4 is 10.1 Å². The van der Waals surface area contributed by atoms with Crippen molar-refractivity contribution in [2.45, 2.75) is 6.54 Å². The van der Waals surface area contributed by atoms with Gasteiger partial charge in [-0.05, 0) is 12.1 Å². The van der Waals surface area contributed by atoms with E-state index in [2.05, 4.69) is 10.3 Å². The third-order valence-corrected chi connectivity index (χ3v) is 2.44. The Kier molecular flexibility index (Phi) is 3.31. The van der Waals surface area contributed by atoms with Crippen LogP contribution in [0.25, 0.3) is 0 Å². The van der Waals surface area contributed by atoms with Crippen LogP contribution in [0.5, 0.6) is 5.75 Å². The molecule has 0 unspecified atom stereocenters. The van der Waals surface area contributed by atoms with Gasteiger partial charge < -0.3 is 14.5 Å². The van der Waals surface area contributed by atoms with Gasteiger partial charge in [-0.15, -0.1) is 0 Å². The summed E-state index contributed by atoms with van der Waals surface area (Å²) in [7, 11) is 1.61. The van der Waals surface area contributed by atoms with Crippen molar-refractivity contribution in [1.82, 2.24) is 4.98 Å². The molecule has 0 fully saturated rings. The molecule has 1 aromatic heterocycles. The number of anilines is 1. The van der Waals surface area contributed by atoms with E-state index in [1.54, 1.807) is 19.4 Å². The highest BCUT2D eigenvalue weighted by molar-refractivity contribution is 6.33. The van der Waals surface area contributed by atoms with Crippen LogP contribution in [0.2, 0.25) is 5.02 Å². The van der Waals surface area contributed by atoms with Gasteiger partial charge in [0.15, 0.2) is 6.39 Å². The van der Waals surface area contributed by atoms with Crippen molar-refractivity contribution in [3.8, 4) is 5.75 Å². The first-order chi connectivity index (χ1) is 7.79. The van der Waals surface area contributed by atoms with E-state index >= 15 is 0 Å². The van der Waals surface area contributed by atoms with E-state index in [1.807, 2.05) is 12.1 Å². The predicted octanol–water partition coefficient (Wildman–Crippen LogP) is 2.95. The van der Waals surface area contributed by atoms with Gasteiger partial charge in [0.05, 0.1) is 30.6 Å². The minimum Gasteiger partial charge on any atom is -0.497 e. The highest BCUT2D eigenvalue weighted by Crippen LogP contribution is 2.26. The van der Waals surface area contributed by atoms with E-state index in [-0.39, 0.29) is 0 Å². The van der Waals surface area contributed by atoms with Crippen molar-refractivity contribution < 1.29 is 9.15 Å². The minimum absolute atomic E-state index is 0.535. The van der Waals surface area contributed by atoms with Gasteiger partial charge in [0.1, 0.15) is 11.5 Å². The summed E-state index contributed by atoms with van der Waals surface area (Å²) < 4.78 is 10.2. The Balaban J connectivity index is 2.08. The average molecular weight is 239 g/mol. The first-order valence-electron chi connectivity index (χ1n) is 4.74. The van der Waals surface area contributed by atoms with Gasteiger partial charge in [-0.3, -0.25) is 0 Å². The maximum Gasteiger partial charge on any atom is 0.180 e. The standard InChI is InChI=1S/C11H11ClN2O2/c1-15-8-2-3-10(12)11(4-8)14-6-9-5-13-7-16-9/h2-5,7,14H,6H2,1H3. The fourth-order valence-electron chi connectivity index (χ4n) is 1.28. The SMILES string of the molecule is COc1ccc(Cl)c(NCc2cnco2)c1. The third-order valence-electron chi connectivity index (χ3n) is 2.11. The van der Waals surface area contributed by atoms with Crippen LogP contribution in [0, 0.1) is 0 Å². The number of hydrogen-bond acceptors (Lipinski definition) is 4. The van der Waals surface area contributed by atoms with Gasteiger partial charge in [-0.1, -0.05) is 11.6 Å². The number of aromatic nitrogens is 1. The summed E-state index contributed by atoms with van der Waals surface area (Å²) in [6.07, 6.45) is 3.05. The van der Waals surface area contributed by atoms with Crippen LogP contribution in [0.3, 0.4) is 0 Å². The van der Waals surface area contributed by atoms with Gasteiger partial charge in [0.2, 0.25) is 0 Å². The molecule has 0 atom stereocenters. The number of oxazole rings is 1. The molecule has 0 amide bonds. The van der Waals surface area contributed by atoms with Gasteiger partial charge in [-0.2, -0.15) is 0 Å². The summed E-state index contributed by atoms with van der Waals surface area (Å²) >= 11 is 6.03. The molecule has 0 spiro atoms. The lowest BCUT2D eigenvalue weighted by molar-refractivity contribution is 0.415. The molecule has 0 radical (unpaired) electrons. The molecule has 5 heteroatoms. The lowest BCUT2D eigenvalue weighted by Gasteiger charge is -2.08. The van der Waals surface area contributed by atoms with Crippen molar-refractivity contribution in [1.29, 1.82) is 0 Å². The van der Waals surface area contributed by atoms with Crippen LogP contribution in [-0.2, 0) is 6.54 Å². The Hall–Kier alpha value is -1.68. The third kappa shape index (κ3) is 2.46. The molecule has 16 heavy (non-hydrogen) atoms. The first-order valence-corrected chi connectivity index (χ1v) is 5.12. The Bertz CT molecular complexity index is 457. The molecule has 0 aliphatic carbocycles. The zero-order chi connectivity index (χ0) is 11.4. The summed E-state index contributed by atoms with van der Waals surface area (Å²) in [5.41, 5.74) is 0.803. The van der Waals surface area contributed by atoms with E-state index in [0.717, 1.165) is 17.2 Å². The second kappa shape index (κ2) is 4.90. The second-order valence-corrected chi connectivity index (χ2v) is 3.57. The Labute approximate surface area is 98.2 Å². The van der Waals surface area contributed by atoms with Gasteiger partial charge in [-0.25, -0.2) is 4.98 Å². The van der Waals surface area contributed by atoms with Crippen LogP contribution in [0.1, 0.15) is 5.76 Å². The van der Waals surface area contributed by atoms with E-state index in [9.17, 15) is 0 Å². The Morgan fingerprint density at radius 1 is 1.50 bits per heavy atom. The fourth-order valence-corrected chi connectivity index (χ4v) is 1.46. The molecular weight excluding hydrogens is 228 g/mol. The maximum absolute atomic E-state index is 6.03. The molecular formula is C11H11ClN2O2. The fraction of sp³-hybridized carbons (Fsp3) is 0.182. The number of ether oxygens (including phenoxy) is 1. The lowest BCUT2D eigenvalue weighted by Crippen LogP contribution is -1.99. The molecule has 84 valence electrons. The highest BCUT2D eigenvalue weighted by atomic mass is 35.5. The van der Waals surface area contributed by atoms with Crippen molar-refractivity contribution in [2.75, 3.05) is 12.4 Å². The van der Waals surface area contributed by atoms with Gasteiger partial charge in [0.25, 0.3) is 0 Å². The number of nitrogens with zero attached hydrogens (tertiary/aromatic N) is 1. The van der Waals surface area contributed by atoms with Crippen LogP contribution in [0.15, 0.2) is 35.2 Å². The smallest absolute Gasteiger partial charge is 0.180 e. The van der Waals surface area contributed by atoms with Crippen molar-refractivity contribution in [3.05, 3.63) is 41.6 Å².